The van der Waals surface area contributed by atoms with Gasteiger partial charge in [0, 0.05) is 12.6 Å². The number of halogens is 1. The van der Waals surface area contributed by atoms with Crippen molar-refractivity contribution in [2.24, 2.45) is 5.73 Å². The summed E-state index contributed by atoms with van der Waals surface area (Å²) in [6, 6.07) is 9.55. The maximum absolute atomic E-state index is 11.0. The molecular weight excluding hydrogens is 214 g/mol. The molecule has 4 heteroatoms. The van der Waals surface area contributed by atoms with E-state index in [1.165, 1.54) is 6.08 Å². The van der Waals surface area contributed by atoms with Crippen LogP contribution in [-0.4, -0.2) is 19.1 Å². The van der Waals surface area contributed by atoms with Crippen molar-refractivity contribution in [1.29, 1.82) is 0 Å². The summed E-state index contributed by atoms with van der Waals surface area (Å²) in [5, 5.41) is 0. The van der Waals surface area contributed by atoms with Crippen LogP contribution in [0.1, 0.15) is 5.56 Å². The van der Waals surface area contributed by atoms with Crippen molar-refractivity contribution in [3.8, 4) is 0 Å². The largest absolute Gasteiger partial charge is 0.461 e. The van der Waals surface area contributed by atoms with Gasteiger partial charge in [-0.25, -0.2) is 4.79 Å². The molecule has 0 atom stereocenters. The number of esters is 1. The van der Waals surface area contributed by atoms with Gasteiger partial charge in [-0.05, 0) is 11.6 Å². The van der Waals surface area contributed by atoms with Crippen molar-refractivity contribution >= 4 is 24.5 Å². The van der Waals surface area contributed by atoms with Crippen molar-refractivity contribution in [1.82, 2.24) is 0 Å². The number of ether oxygens (including phenoxy) is 1. The van der Waals surface area contributed by atoms with E-state index in [4.69, 9.17) is 10.5 Å². The van der Waals surface area contributed by atoms with Crippen molar-refractivity contribution < 1.29 is 9.53 Å². The summed E-state index contributed by atoms with van der Waals surface area (Å²) >= 11 is 0. The number of benzene rings is 1. The zero-order valence-corrected chi connectivity index (χ0v) is 9.07. The normalized spacial score (nSPS) is 9.67. The lowest BCUT2D eigenvalue weighted by atomic mass is 10.2. The van der Waals surface area contributed by atoms with Gasteiger partial charge in [-0.3, -0.25) is 0 Å². The molecule has 0 heterocycles. The first kappa shape index (κ1) is 13.7. The maximum atomic E-state index is 11.0. The standard InChI is InChI=1S/C11H13NO2.ClH/c12-8-9-14-11(13)7-6-10-4-2-1-3-5-10;/h1-7H,8-9,12H2;1H/b7-6+;. The van der Waals surface area contributed by atoms with Crippen LogP contribution in [0, 0.1) is 0 Å². The molecule has 0 aliphatic carbocycles. The molecule has 0 aliphatic heterocycles. The molecule has 1 aromatic rings. The van der Waals surface area contributed by atoms with Gasteiger partial charge in [0.1, 0.15) is 6.61 Å². The molecule has 0 bridgehead atoms. The molecule has 0 aliphatic rings. The molecule has 2 N–H and O–H groups in total. The first-order valence-electron chi connectivity index (χ1n) is 4.43. The van der Waals surface area contributed by atoms with Gasteiger partial charge in [-0.15, -0.1) is 12.4 Å². The molecule has 0 unspecified atom stereocenters. The molecule has 3 nitrogen and oxygen atoms in total. The van der Waals surface area contributed by atoms with E-state index in [2.05, 4.69) is 0 Å². The van der Waals surface area contributed by atoms with Crippen LogP contribution in [0.4, 0.5) is 0 Å². The van der Waals surface area contributed by atoms with E-state index in [1.807, 2.05) is 30.3 Å². The second-order valence-electron chi connectivity index (χ2n) is 2.70. The Morgan fingerprint density at radius 3 is 2.60 bits per heavy atom. The minimum Gasteiger partial charge on any atom is -0.461 e. The molecule has 1 aromatic carbocycles. The fourth-order valence-corrected chi connectivity index (χ4v) is 0.936. The van der Waals surface area contributed by atoms with Gasteiger partial charge in [0.15, 0.2) is 0 Å². The monoisotopic (exact) mass is 227 g/mol. The second-order valence-corrected chi connectivity index (χ2v) is 2.70. The number of rotatable bonds is 4. The molecule has 0 fully saturated rings. The first-order chi connectivity index (χ1) is 6.83. The van der Waals surface area contributed by atoms with E-state index in [-0.39, 0.29) is 25.0 Å². The van der Waals surface area contributed by atoms with E-state index in [9.17, 15) is 4.79 Å². The Balaban J connectivity index is 0.00000196. The lowest BCUT2D eigenvalue weighted by Gasteiger charge is -1.97. The number of nitrogens with two attached hydrogens (primary N) is 1. The Bertz CT molecular complexity index is 312. The van der Waals surface area contributed by atoms with E-state index in [0.29, 0.717) is 6.54 Å². The van der Waals surface area contributed by atoms with E-state index < -0.39 is 0 Å². The molecule has 82 valence electrons. The van der Waals surface area contributed by atoms with Crippen LogP contribution in [0.2, 0.25) is 0 Å². The van der Waals surface area contributed by atoms with Gasteiger partial charge < -0.3 is 10.5 Å². The smallest absolute Gasteiger partial charge is 0.330 e. The van der Waals surface area contributed by atoms with Crippen LogP contribution in [0.25, 0.3) is 6.08 Å². The van der Waals surface area contributed by atoms with Crippen LogP contribution in [0.5, 0.6) is 0 Å². The average molecular weight is 228 g/mol. The third-order valence-electron chi connectivity index (χ3n) is 1.57. The molecule has 0 amide bonds. The first-order valence-corrected chi connectivity index (χ1v) is 4.43. The predicted octanol–water partition coefficient (Wildman–Crippen LogP) is 1.62. The van der Waals surface area contributed by atoms with Crippen LogP contribution in [0.3, 0.4) is 0 Å². The summed E-state index contributed by atoms with van der Waals surface area (Å²) < 4.78 is 4.76. The van der Waals surface area contributed by atoms with Crippen LogP contribution >= 0.6 is 12.4 Å². The van der Waals surface area contributed by atoms with E-state index >= 15 is 0 Å². The molecule has 0 aromatic heterocycles. The minimum absolute atomic E-state index is 0. The Hall–Kier alpha value is -1.32. The predicted molar refractivity (Wildman–Crippen MR) is 62.7 cm³/mol. The zero-order valence-electron chi connectivity index (χ0n) is 8.26. The van der Waals surface area contributed by atoms with E-state index in [0.717, 1.165) is 5.56 Å². The topological polar surface area (TPSA) is 52.3 Å². The highest BCUT2D eigenvalue weighted by atomic mass is 35.5. The number of carbonyl (C=O) groups is 1. The van der Waals surface area contributed by atoms with Crippen LogP contribution in [0.15, 0.2) is 36.4 Å². The number of hydrogen-bond donors (Lipinski definition) is 1. The molecule has 0 saturated heterocycles. The molecule has 1 rings (SSSR count). The van der Waals surface area contributed by atoms with Gasteiger partial charge in [0.05, 0.1) is 0 Å². The van der Waals surface area contributed by atoms with Crippen LogP contribution in [-0.2, 0) is 9.53 Å². The van der Waals surface area contributed by atoms with Gasteiger partial charge in [0.25, 0.3) is 0 Å². The van der Waals surface area contributed by atoms with Crippen molar-refractivity contribution in [2.75, 3.05) is 13.2 Å². The molecule has 0 saturated carbocycles. The molecular formula is C11H14ClNO2. The third kappa shape index (κ3) is 5.88. The summed E-state index contributed by atoms with van der Waals surface area (Å²) in [4.78, 5) is 11.0. The summed E-state index contributed by atoms with van der Waals surface area (Å²) in [6.07, 6.45) is 3.10. The Labute approximate surface area is 95.3 Å². The van der Waals surface area contributed by atoms with Gasteiger partial charge in [0.2, 0.25) is 0 Å². The zero-order chi connectivity index (χ0) is 10.2. The highest BCUT2D eigenvalue weighted by Crippen LogP contribution is 2.00. The summed E-state index contributed by atoms with van der Waals surface area (Å²) in [6.45, 7) is 0.614. The maximum Gasteiger partial charge on any atom is 0.330 e. The van der Waals surface area contributed by atoms with Gasteiger partial charge in [-0.1, -0.05) is 30.3 Å². The molecule has 0 spiro atoms. The highest BCUT2D eigenvalue weighted by Gasteiger charge is 1.94. The third-order valence-corrected chi connectivity index (χ3v) is 1.57. The number of hydrogen-bond acceptors (Lipinski definition) is 3. The minimum atomic E-state index is -0.362. The molecule has 0 radical (unpaired) electrons. The van der Waals surface area contributed by atoms with Gasteiger partial charge >= 0.3 is 5.97 Å². The summed E-state index contributed by atoms with van der Waals surface area (Å²) in [7, 11) is 0. The van der Waals surface area contributed by atoms with Crippen molar-refractivity contribution in [3.05, 3.63) is 42.0 Å². The summed E-state index contributed by atoms with van der Waals surface area (Å²) in [5.41, 5.74) is 6.15. The fraction of sp³-hybridized carbons (Fsp3) is 0.182. The SMILES string of the molecule is Cl.NCCOC(=O)/C=C/c1ccccc1. The Morgan fingerprint density at radius 1 is 1.33 bits per heavy atom. The quantitative estimate of drug-likeness (QED) is 0.628. The average Bonchev–Trinajstić information content (AvgIpc) is 2.25. The lowest BCUT2D eigenvalue weighted by Crippen LogP contribution is -2.11. The van der Waals surface area contributed by atoms with E-state index in [1.54, 1.807) is 6.08 Å². The van der Waals surface area contributed by atoms with Gasteiger partial charge in [-0.2, -0.15) is 0 Å². The fourth-order valence-electron chi connectivity index (χ4n) is 0.936. The summed E-state index contributed by atoms with van der Waals surface area (Å²) in [5.74, 6) is -0.362. The Kier molecular flexibility index (Phi) is 7.32. The second kappa shape index (κ2) is 8.03. The Morgan fingerprint density at radius 2 is 2.00 bits per heavy atom. The van der Waals surface area contributed by atoms with Crippen LogP contribution < -0.4 is 5.73 Å². The van der Waals surface area contributed by atoms with Crippen molar-refractivity contribution in [3.63, 3.8) is 0 Å². The lowest BCUT2D eigenvalue weighted by molar-refractivity contribution is -0.137. The number of carbonyl (C=O) groups excluding carboxylic acids is 1. The highest BCUT2D eigenvalue weighted by molar-refractivity contribution is 5.87. The van der Waals surface area contributed by atoms with Crippen molar-refractivity contribution in [2.45, 2.75) is 0 Å². The molecule has 15 heavy (non-hydrogen) atoms.